The van der Waals surface area contributed by atoms with Gasteiger partial charge in [-0.1, -0.05) is 57.0 Å². The zero-order valence-corrected chi connectivity index (χ0v) is 14.4. The fraction of sp³-hybridized carbons (Fsp3) is 0.250. The van der Waals surface area contributed by atoms with Crippen LogP contribution in [0.25, 0.3) is 0 Å². The Hall–Kier alpha value is -0.840. The predicted octanol–water partition coefficient (Wildman–Crippen LogP) is 5.07. The Morgan fingerprint density at radius 3 is 2.30 bits per heavy atom. The zero-order chi connectivity index (χ0) is 14.5. The molecule has 2 rings (SSSR count). The van der Waals surface area contributed by atoms with E-state index >= 15 is 0 Å². The summed E-state index contributed by atoms with van der Waals surface area (Å²) in [5.74, 6) is 0.813. The number of rotatable bonds is 5. The van der Waals surface area contributed by atoms with Crippen molar-refractivity contribution in [3.05, 3.63) is 63.0 Å². The maximum absolute atomic E-state index is 6.23. The topological polar surface area (TPSA) is 35.2 Å². The highest BCUT2D eigenvalue weighted by Gasteiger charge is 2.20. The molecule has 0 aromatic heterocycles. The molecule has 0 amide bonds. The van der Waals surface area contributed by atoms with Crippen molar-refractivity contribution in [1.82, 2.24) is 0 Å². The van der Waals surface area contributed by atoms with Gasteiger partial charge in [-0.2, -0.15) is 0 Å². The average Bonchev–Trinajstić information content (AvgIpc) is 2.44. The minimum Gasteiger partial charge on any atom is -0.484 e. The van der Waals surface area contributed by atoms with E-state index in [1.165, 1.54) is 0 Å². The molecule has 2 aromatic carbocycles. The van der Waals surface area contributed by atoms with E-state index in [-0.39, 0.29) is 12.1 Å². The van der Waals surface area contributed by atoms with Gasteiger partial charge in [0.05, 0.1) is 0 Å². The van der Waals surface area contributed by atoms with E-state index in [0.717, 1.165) is 26.7 Å². The lowest BCUT2D eigenvalue weighted by atomic mass is 10.0. The quantitative estimate of drug-likeness (QED) is 0.762. The van der Waals surface area contributed by atoms with Crippen molar-refractivity contribution in [2.24, 2.45) is 5.73 Å². The molecule has 0 bridgehead atoms. The highest BCUT2D eigenvalue weighted by Crippen LogP contribution is 2.28. The highest BCUT2D eigenvalue weighted by atomic mass is 79.9. The van der Waals surface area contributed by atoms with Crippen molar-refractivity contribution < 1.29 is 4.74 Å². The Bertz CT molecular complexity index is 574. The largest absolute Gasteiger partial charge is 0.484 e. The Balaban J connectivity index is 2.29. The molecule has 0 saturated heterocycles. The van der Waals surface area contributed by atoms with Crippen LogP contribution >= 0.6 is 31.9 Å². The van der Waals surface area contributed by atoms with Crippen LogP contribution in [0.15, 0.2) is 57.5 Å². The molecule has 106 valence electrons. The van der Waals surface area contributed by atoms with Crippen LogP contribution in [0.1, 0.15) is 25.0 Å². The van der Waals surface area contributed by atoms with Gasteiger partial charge in [-0.15, -0.1) is 0 Å². The first-order valence-corrected chi connectivity index (χ1v) is 8.12. The summed E-state index contributed by atoms with van der Waals surface area (Å²) < 4.78 is 8.14. The minimum atomic E-state index is -0.160. The van der Waals surface area contributed by atoms with Crippen molar-refractivity contribution in [2.45, 2.75) is 25.5 Å². The molecule has 0 aliphatic rings. The van der Waals surface area contributed by atoms with Crippen LogP contribution in [0.4, 0.5) is 0 Å². The van der Waals surface area contributed by atoms with Crippen LogP contribution in [-0.4, -0.2) is 6.04 Å². The van der Waals surface area contributed by atoms with Gasteiger partial charge >= 0.3 is 0 Å². The number of nitrogens with two attached hydrogens (primary N) is 1. The second-order valence-corrected chi connectivity index (χ2v) is 6.45. The monoisotopic (exact) mass is 397 g/mol. The molecule has 0 saturated carbocycles. The summed E-state index contributed by atoms with van der Waals surface area (Å²) in [5, 5.41) is 0. The fourth-order valence-corrected chi connectivity index (χ4v) is 2.78. The number of hydrogen-bond donors (Lipinski definition) is 1. The molecular formula is C16H17Br2NO. The average molecular weight is 399 g/mol. The van der Waals surface area contributed by atoms with Crippen molar-refractivity contribution in [3.8, 4) is 5.75 Å². The second-order valence-electron chi connectivity index (χ2n) is 4.62. The minimum absolute atomic E-state index is 0.0525. The van der Waals surface area contributed by atoms with Gasteiger partial charge in [0.15, 0.2) is 0 Å². The molecule has 0 fully saturated rings. The molecule has 0 aliphatic heterocycles. The van der Waals surface area contributed by atoms with Gasteiger partial charge < -0.3 is 10.5 Å². The Labute approximate surface area is 136 Å². The number of halogens is 2. The van der Waals surface area contributed by atoms with Crippen molar-refractivity contribution >= 4 is 31.9 Å². The smallest absolute Gasteiger partial charge is 0.139 e. The van der Waals surface area contributed by atoms with Crippen LogP contribution in [0.5, 0.6) is 5.75 Å². The summed E-state index contributed by atoms with van der Waals surface area (Å²) in [7, 11) is 0. The molecule has 2 aromatic rings. The van der Waals surface area contributed by atoms with E-state index in [2.05, 4.69) is 44.8 Å². The molecule has 2 N–H and O–H groups in total. The number of hydrogen-bond acceptors (Lipinski definition) is 2. The maximum Gasteiger partial charge on any atom is 0.139 e. The Kier molecular flexibility index (Phi) is 5.64. The van der Waals surface area contributed by atoms with Crippen LogP contribution in [0.2, 0.25) is 0 Å². The van der Waals surface area contributed by atoms with Crippen molar-refractivity contribution in [2.75, 3.05) is 0 Å². The molecule has 0 aliphatic carbocycles. The molecule has 2 unspecified atom stereocenters. The van der Waals surface area contributed by atoms with Crippen LogP contribution < -0.4 is 10.5 Å². The number of ether oxygens (including phenoxy) is 1. The molecule has 20 heavy (non-hydrogen) atoms. The molecule has 0 spiro atoms. The lowest BCUT2D eigenvalue weighted by Crippen LogP contribution is -2.31. The third kappa shape index (κ3) is 4.08. The van der Waals surface area contributed by atoms with Gasteiger partial charge in [-0.3, -0.25) is 0 Å². The summed E-state index contributed by atoms with van der Waals surface area (Å²) in [6.07, 6.45) is 0.692. The number of benzene rings is 2. The second kappa shape index (κ2) is 7.25. The predicted molar refractivity (Wildman–Crippen MR) is 89.9 cm³/mol. The Morgan fingerprint density at radius 2 is 1.70 bits per heavy atom. The fourth-order valence-electron chi connectivity index (χ4n) is 1.99. The van der Waals surface area contributed by atoms with E-state index in [1.54, 1.807) is 0 Å². The van der Waals surface area contributed by atoms with Crippen molar-refractivity contribution in [1.29, 1.82) is 0 Å². The standard InChI is InChI=1S/C16H17Br2NO/c1-2-15(19)16(11-5-3-6-12(17)9-11)20-14-8-4-7-13(18)10-14/h3-10,15-16H,2,19H2,1H3. The summed E-state index contributed by atoms with van der Waals surface area (Å²) in [4.78, 5) is 0. The van der Waals surface area contributed by atoms with Gasteiger partial charge in [-0.25, -0.2) is 0 Å². The third-order valence-corrected chi connectivity index (χ3v) is 4.08. The summed E-state index contributed by atoms with van der Waals surface area (Å²) in [6, 6.07) is 15.9. The van der Waals surface area contributed by atoms with E-state index in [0.29, 0.717) is 0 Å². The van der Waals surface area contributed by atoms with Gasteiger partial charge in [0.25, 0.3) is 0 Å². The zero-order valence-electron chi connectivity index (χ0n) is 11.2. The van der Waals surface area contributed by atoms with Crippen LogP contribution in [0, 0.1) is 0 Å². The highest BCUT2D eigenvalue weighted by molar-refractivity contribution is 9.10. The van der Waals surface area contributed by atoms with E-state index in [4.69, 9.17) is 10.5 Å². The summed E-state index contributed by atoms with van der Waals surface area (Å²) in [6.45, 7) is 2.07. The third-order valence-electron chi connectivity index (χ3n) is 3.10. The van der Waals surface area contributed by atoms with Gasteiger partial charge in [0, 0.05) is 15.0 Å². The van der Waals surface area contributed by atoms with Crippen LogP contribution in [0.3, 0.4) is 0 Å². The Morgan fingerprint density at radius 1 is 1.05 bits per heavy atom. The normalized spacial score (nSPS) is 13.8. The van der Waals surface area contributed by atoms with Gasteiger partial charge in [0.1, 0.15) is 11.9 Å². The summed E-state index contributed by atoms with van der Waals surface area (Å²) in [5.41, 5.74) is 7.31. The molecule has 0 heterocycles. The molecule has 2 atom stereocenters. The first-order valence-electron chi connectivity index (χ1n) is 6.53. The van der Waals surface area contributed by atoms with Gasteiger partial charge in [-0.05, 0) is 42.3 Å². The van der Waals surface area contributed by atoms with E-state index in [9.17, 15) is 0 Å². The SMILES string of the molecule is CCC(N)C(Oc1cccc(Br)c1)c1cccc(Br)c1. The van der Waals surface area contributed by atoms with Crippen molar-refractivity contribution in [3.63, 3.8) is 0 Å². The van der Waals surface area contributed by atoms with E-state index in [1.807, 2.05) is 42.5 Å². The lowest BCUT2D eigenvalue weighted by molar-refractivity contribution is 0.171. The van der Waals surface area contributed by atoms with Crippen LogP contribution in [-0.2, 0) is 0 Å². The first-order chi connectivity index (χ1) is 9.60. The first kappa shape index (κ1) is 15.5. The molecule has 0 radical (unpaired) electrons. The lowest BCUT2D eigenvalue weighted by Gasteiger charge is -2.25. The molecule has 2 nitrogen and oxygen atoms in total. The van der Waals surface area contributed by atoms with E-state index < -0.39 is 0 Å². The molecular weight excluding hydrogens is 382 g/mol. The molecule has 4 heteroatoms. The maximum atomic E-state index is 6.23. The summed E-state index contributed by atoms with van der Waals surface area (Å²) >= 11 is 6.95. The van der Waals surface area contributed by atoms with Gasteiger partial charge in [0.2, 0.25) is 0 Å².